The van der Waals surface area contributed by atoms with Crippen LogP contribution in [0.25, 0.3) is 11.3 Å². The van der Waals surface area contributed by atoms with Gasteiger partial charge in [-0.15, -0.1) is 0 Å². The lowest BCUT2D eigenvalue weighted by Gasteiger charge is -1.97. The molecule has 0 radical (unpaired) electrons. The van der Waals surface area contributed by atoms with Gasteiger partial charge in [-0.05, 0) is 24.3 Å². The molecule has 0 aliphatic rings. The second kappa shape index (κ2) is 6.28. The van der Waals surface area contributed by atoms with E-state index in [1.54, 1.807) is 0 Å². The van der Waals surface area contributed by atoms with Gasteiger partial charge in [-0.1, -0.05) is 41.1 Å². The first-order chi connectivity index (χ1) is 10.3. The number of hydrazone groups is 1. The molecule has 1 aromatic heterocycles. The first kappa shape index (κ1) is 13.5. The minimum Gasteiger partial charge on any atom is -0.278 e. The Kier molecular flexibility index (Phi) is 4.02. The number of para-hydroxylation sites is 1. The molecule has 0 saturated heterocycles. The van der Waals surface area contributed by atoms with E-state index in [0.717, 1.165) is 21.8 Å². The van der Waals surface area contributed by atoms with Gasteiger partial charge in [-0.25, -0.2) is 0 Å². The molecular weight excluding hydrogens is 280 g/mol. The van der Waals surface area contributed by atoms with Crippen molar-refractivity contribution >= 4 is 23.4 Å². The highest BCUT2D eigenvalue weighted by atomic mass is 32.1. The molecule has 0 saturated carbocycles. The molecular formula is C16H15N4S+. The number of rotatable bonds is 4. The van der Waals surface area contributed by atoms with E-state index in [4.69, 9.17) is 0 Å². The second-order valence-electron chi connectivity index (χ2n) is 4.51. The Hall–Kier alpha value is -2.53. The quantitative estimate of drug-likeness (QED) is 0.456. The van der Waals surface area contributed by atoms with Crippen molar-refractivity contribution in [2.75, 3.05) is 5.43 Å². The van der Waals surface area contributed by atoms with Crippen LogP contribution in [0.15, 0.2) is 65.8 Å². The summed E-state index contributed by atoms with van der Waals surface area (Å²) in [5.41, 5.74) is 6.18. The van der Waals surface area contributed by atoms with Crippen LogP contribution in [0.2, 0.25) is 0 Å². The van der Waals surface area contributed by atoms with Gasteiger partial charge >= 0.3 is 0 Å². The van der Waals surface area contributed by atoms with Crippen LogP contribution in [-0.4, -0.2) is 10.7 Å². The van der Waals surface area contributed by atoms with Gasteiger partial charge in [0.25, 0.3) is 5.69 Å². The number of anilines is 1. The highest BCUT2D eigenvalue weighted by Crippen LogP contribution is 2.20. The normalized spacial score (nSPS) is 10.9. The van der Waals surface area contributed by atoms with E-state index >= 15 is 0 Å². The van der Waals surface area contributed by atoms with Crippen molar-refractivity contribution in [3.63, 3.8) is 0 Å². The minimum atomic E-state index is 0.962. The number of aryl methyl sites for hydroxylation is 1. The number of nitrogens with one attached hydrogen (secondary N) is 1. The Morgan fingerprint density at radius 3 is 2.43 bits per heavy atom. The van der Waals surface area contributed by atoms with Crippen LogP contribution in [0.1, 0.15) is 4.88 Å². The molecule has 4 nitrogen and oxygen atoms in total. The molecule has 0 amide bonds. The predicted molar refractivity (Wildman–Crippen MR) is 86.4 cm³/mol. The summed E-state index contributed by atoms with van der Waals surface area (Å²) >= 11 is 1.43. The van der Waals surface area contributed by atoms with Gasteiger partial charge in [0.15, 0.2) is 7.05 Å². The van der Waals surface area contributed by atoms with Crippen molar-refractivity contribution in [3.05, 3.63) is 65.5 Å². The molecule has 0 fully saturated rings. The lowest BCUT2D eigenvalue weighted by Crippen LogP contribution is -2.31. The highest BCUT2D eigenvalue weighted by Gasteiger charge is 2.19. The van der Waals surface area contributed by atoms with E-state index in [1.807, 2.05) is 66.5 Å². The van der Waals surface area contributed by atoms with Crippen LogP contribution in [-0.2, 0) is 7.05 Å². The maximum absolute atomic E-state index is 4.36. The number of nitrogens with zero attached hydrogens (tertiary/aromatic N) is 3. The zero-order valence-corrected chi connectivity index (χ0v) is 12.4. The summed E-state index contributed by atoms with van der Waals surface area (Å²) in [6.07, 6.45) is 1.81. The number of hydrogen-bond donors (Lipinski definition) is 1. The van der Waals surface area contributed by atoms with E-state index < -0.39 is 0 Å². The van der Waals surface area contributed by atoms with Gasteiger partial charge in [0.2, 0.25) is 0 Å². The molecule has 1 N–H and O–H groups in total. The fraction of sp³-hybridized carbons (Fsp3) is 0.0625. The third-order valence-electron chi connectivity index (χ3n) is 3.02. The largest absolute Gasteiger partial charge is 0.278 e. The summed E-state index contributed by atoms with van der Waals surface area (Å²) in [4.78, 5) is 1.02. The Labute approximate surface area is 127 Å². The number of aromatic nitrogens is 2. The molecule has 21 heavy (non-hydrogen) atoms. The summed E-state index contributed by atoms with van der Waals surface area (Å²) in [7, 11) is 1.95. The first-order valence-electron chi connectivity index (χ1n) is 6.60. The van der Waals surface area contributed by atoms with Crippen molar-refractivity contribution < 1.29 is 4.68 Å². The minimum absolute atomic E-state index is 0.962. The van der Waals surface area contributed by atoms with Gasteiger partial charge in [-0.2, -0.15) is 5.10 Å². The van der Waals surface area contributed by atoms with Gasteiger partial charge in [0.1, 0.15) is 4.88 Å². The molecule has 0 bridgehead atoms. The molecule has 0 aliphatic carbocycles. The molecule has 5 heteroatoms. The van der Waals surface area contributed by atoms with Crippen molar-refractivity contribution in [2.24, 2.45) is 12.1 Å². The molecule has 0 spiro atoms. The zero-order valence-electron chi connectivity index (χ0n) is 11.6. The van der Waals surface area contributed by atoms with Crippen molar-refractivity contribution in [2.45, 2.75) is 0 Å². The molecule has 0 unspecified atom stereocenters. The fourth-order valence-electron chi connectivity index (χ4n) is 2.04. The molecule has 1 heterocycles. The molecule has 2 aromatic carbocycles. The Bertz CT molecular complexity index is 735. The van der Waals surface area contributed by atoms with Crippen LogP contribution in [0, 0.1) is 0 Å². The smallest absolute Gasteiger partial charge is 0.260 e. The molecule has 3 rings (SSSR count). The molecule has 0 atom stereocenters. The average Bonchev–Trinajstić information content (AvgIpc) is 2.90. The summed E-state index contributed by atoms with van der Waals surface area (Å²) in [6, 6.07) is 20.1. The van der Waals surface area contributed by atoms with Crippen molar-refractivity contribution in [3.8, 4) is 11.3 Å². The van der Waals surface area contributed by atoms with Crippen LogP contribution >= 0.6 is 11.5 Å². The second-order valence-corrected chi connectivity index (χ2v) is 5.30. The van der Waals surface area contributed by atoms with Crippen LogP contribution in [0.3, 0.4) is 0 Å². The Morgan fingerprint density at radius 1 is 1.05 bits per heavy atom. The van der Waals surface area contributed by atoms with Gasteiger partial charge in [0, 0.05) is 11.5 Å². The molecule has 0 aliphatic heterocycles. The first-order valence-corrected chi connectivity index (χ1v) is 7.37. The standard InChI is InChI=1S/C16H15N4S/c1-20-16(13-8-4-2-5-9-13)15(21-19-20)12-17-18-14-10-6-3-7-11-14/h2-12,18H,1H3/q+1/b17-12+. The highest BCUT2D eigenvalue weighted by molar-refractivity contribution is 7.07. The van der Waals surface area contributed by atoms with E-state index in [-0.39, 0.29) is 0 Å². The third-order valence-corrected chi connectivity index (χ3v) is 3.84. The SMILES string of the molecule is C[n+]1nsc(/C=N/Nc2ccccc2)c1-c1ccccc1. The van der Waals surface area contributed by atoms with Crippen molar-refractivity contribution in [1.82, 2.24) is 4.49 Å². The van der Waals surface area contributed by atoms with E-state index in [0.29, 0.717) is 0 Å². The predicted octanol–water partition coefficient (Wildman–Crippen LogP) is 3.08. The van der Waals surface area contributed by atoms with E-state index in [2.05, 4.69) is 27.1 Å². The number of hydrogen-bond acceptors (Lipinski definition) is 4. The Balaban J connectivity index is 1.84. The maximum Gasteiger partial charge on any atom is 0.260 e. The maximum atomic E-state index is 4.36. The van der Waals surface area contributed by atoms with Crippen LogP contribution in [0.5, 0.6) is 0 Å². The summed E-state index contributed by atoms with van der Waals surface area (Å²) < 4.78 is 6.24. The van der Waals surface area contributed by atoms with Gasteiger partial charge in [-0.3, -0.25) is 5.43 Å². The summed E-state index contributed by atoms with van der Waals surface area (Å²) in [5, 5.41) is 4.29. The van der Waals surface area contributed by atoms with E-state index in [9.17, 15) is 0 Å². The topological polar surface area (TPSA) is 41.2 Å². The zero-order chi connectivity index (χ0) is 14.5. The van der Waals surface area contributed by atoms with Gasteiger partial charge in [0.05, 0.1) is 22.0 Å². The number of benzene rings is 2. The molecule has 104 valence electrons. The average molecular weight is 295 g/mol. The molecule has 3 aromatic rings. The third kappa shape index (κ3) is 3.14. The van der Waals surface area contributed by atoms with Crippen LogP contribution < -0.4 is 10.1 Å². The summed E-state index contributed by atoms with van der Waals surface area (Å²) in [6.45, 7) is 0. The fourth-order valence-corrected chi connectivity index (χ4v) is 2.77. The van der Waals surface area contributed by atoms with Gasteiger partial charge < -0.3 is 0 Å². The lowest BCUT2D eigenvalue weighted by molar-refractivity contribution is -0.712. The van der Waals surface area contributed by atoms with E-state index in [1.165, 1.54) is 11.5 Å². The van der Waals surface area contributed by atoms with Crippen molar-refractivity contribution in [1.29, 1.82) is 0 Å². The summed E-state index contributed by atoms with van der Waals surface area (Å²) in [5.74, 6) is 0. The lowest BCUT2D eigenvalue weighted by atomic mass is 10.1. The Morgan fingerprint density at radius 2 is 1.71 bits per heavy atom. The van der Waals surface area contributed by atoms with Crippen LogP contribution in [0.4, 0.5) is 5.69 Å². The monoisotopic (exact) mass is 295 g/mol.